The van der Waals surface area contributed by atoms with Gasteiger partial charge in [-0.15, -0.1) is 0 Å². The first kappa shape index (κ1) is 14.6. The molecule has 1 amide bonds. The first-order chi connectivity index (χ1) is 10.7. The molecule has 1 fully saturated rings. The number of carbonyl (C=O) groups excluding carboxylic acids is 1. The summed E-state index contributed by atoms with van der Waals surface area (Å²) in [5.74, 6) is 0.489. The molecule has 4 nitrogen and oxygen atoms in total. The van der Waals surface area contributed by atoms with Gasteiger partial charge in [-0.25, -0.2) is 0 Å². The average Bonchev–Trinajstić information content (AvgIpc) is 3.03. The third kappa shape index (κ3) is 3.45. The Morgan fingerprint density at radius 2 is 1.95 bits per heavy atom. The van der Waals surface area contributed by atoms with Gasteiger partial charge in [0.25, 0.3) is 5.91 Å². The lowest BCUT2D eigenvalue weighted by Crippen LogP contribution is -2.31. The third-order valence-corrected chi connectivity index (χ3v) is 4.18. The monoisotopic (exact) mass is 295 g/mol. The summed E-state index contributed by atoms with van der Waals surface area (Å²) >= 11 is 0. The van der Waals surface area contributed by atoms with Crippen molar-refractivity contribution in [3.8, 4) is 0 Å². The SMILES string of the molecule is Cc1ccc(N2CCC(CNC(=O)c3ccncc3)C2)cc1. The molecule has 1 aromatic carbocycles. The molecule has 0 spiro atoms. The minimum Gasteiger partial charge on any atom is -0.371 e. The van der Waals surface area contributed by atoms with E-state index in [0.29, 0.717) is 11.5 Å². The Balaban J connectivity index is 1.51. The summed E-state index contributed by atoms with van der Waals surface area (Å²) in [7, 11) is 0. The normalized spacial score (nSPS) is 17.5. The lowest BCUT2D eigenvalue weighted by molar-refractivity contribution is 0.0948. The topological polar surface area (TPSA) is 45.2 Å². The summed E-state index contributed by atoms with van der Waals surface area (Å²) < 4.78 is 0. The number of anilines is 1. The first-order valence-corrected chi connectivity index (χ1v) is 7.72. The fourth-order valence-corrected chi connectivity index (χ4v) is 2.83. The maximum Gasteiger partial charge on any atom is 0.251 e. The summed E-state index contributed by atoms with van der Waals surface area (Å²) in [6.45, 7) is 4.88. The van der Waals surface area contributed by atoms with Crippen LogP contribution >= 0.6 is 0 Å². The number of aromatic nitrogens is 1. The lowest BCUT2D eigenvalue weighted by Gasteiger charge is -2.19. The van der Waals surface area contributed by atoms with Crippen molar-refractivity contribution >= 4 is 11.6 Å². The van der Waals surface area contributed by atoms with Gasteiger partial charge in [0.1, 0.15) is 0 Å². The molecule has 114 valence electrons. The fourth-order valence-electron chi connectivity index (χ4n) is 2.83. The van der Waals surface area contributed by atoms with E-state index in [1.54, 1.807) is 24.5 Å². The molecule has 1 saturated heterocycles. The van der Waals surface area contributed by atoms with Crippen LogP contribution < -0.4 is 10.2 Å². The smallest absolute Gasteiger partial charge is 0.251 e. The van der Waals surface area contributed by atoms with E-state index < -0.39 is 0 Å². The summed E-state index contributed by atoms with van der Waals surface area (Å²) in [4.78, 5) is 18.4. The lowest BCUT2D eigenvalue weighted by atomic mass is 10.1. The van der Waals surface area contributed by atoms with Crippen LogP contribution in [0.4, 0.5) is 5.69 Å². The summed E-state index contributed by atoms with van der Waals surface area (Å²) in [6.07, 6.45) is 4.40. The molecule has 2 heterocycles. The molecule has 1 atom stereocenters. The van der Waals surface area contributed by atoms with Gasteiger partial charge in [0.15, 0.2) is 0 Å². The van der Waals surface area contributed by atoms with Crippen molar-refractivity contribution in [1.82, 2.24) is 10.3 Å². The molecule has 1 aliphatic rings. The second-order valence-electron chi connectivity index (χ2n) is 5.88. The average molecular weight is 295 g/mol. The van der Waals surface area contributed by atoms with Crippen LogP contribution in [-0.4, -0.2) is 30.5 Å². The predicted molar refractivity (Wildman–Crippen MR) is 88.1 cm³/mol. The number of carbonyl (C=O) groups is 1. The summed E-state index contributed by atoms with van der Waals surface area (Å²) in [5.41, 5.74) is 3.22. The quantitative estimate of drug-likeness (QED) is 0.943. The van der Waals surface area contributed by atoms with Crippen LogP contribution in [0.3, 0.4) is 0 Å². The summed E-state index contributed by atoms with van der Waals surface area (Å²) in [5, 5.41) is 3.03. The van der Waals surface area contributed by atoms with Gasteiger partial charge in [0.05, 0.1) is 0 Å². The second-order valence-corrected chi connectivity index (χ2v) is 5.88. The largest absolute Gasteiger partial charge is 0.371 e. The number of aryl methyl sites for hydroxylation is 1. The van der Waals surface area contributed by atoms with Crippen molar-refractivity contribution in [2.24, 2.45) is 5.92 Å². The van der Waals surface area contributed by atoms with E-state index in [1.165, 1.54) is 11.3 Å². The number of benzene rings is 1. The molecule has 1 N–H and O–H groups in total. The molecule has 1 aromatic heterocycles. The molecule has 0 bridgehead atoms. The van der Waals surface area contributed by atoms with Gasteiger partial charge >= 0.3 is 0 Å². The molecule has 2 aromatic rings. The van der Waals surface area contributed by atoms with Crippen molar-refractivity contribution < 1.29 is 4.79 Å². The van der Waals surface area contributed by atoms with Gasteiger partial charge in [-0.05, 0) is 43.5 Å². The van der Waals surface area contributed by atoms with E-state index in [-0.39, 0.29) is 5.91 Å². The highest BCUT2D eigenvalue weighted by molar-refractivity contribution is 5.93. The Labute approximate surface area is 131 Å². The highest BCUT2D eigenvalue weighted by Gasteiger charge is 2.23. The minimum atomic E-state index is -0.0174. The molecular weight excluding hydrogens is 274 g/mol. The van der Waals surface area contributed by atoms with Crippen LogP contribution in [0.1, 0.15) is 22.3 Å². The van der Waals surface area contributed by atoms with Crippen LogP contribution in [0.25, 0.3) is 0 Å². The number of nitrogens with zero attached hydrogens (tertiary/aromatic N) is 2. The van der Waals surface area contributed by atoms with Gasteiger partial charge < -0.3 is 10.2 Å². The number of amides is 1. The maximum absolute atomic E-state index is 12.0. The Bertz CT molecular complexity index is 625. The third-order valence-electron chi connectivity index (χ3n) is 4.18. The van der Waals surface area contributed by atoms with E-state index in [4.69, 9.17) is 0 Å². The number of hydrogen-bond acceptors (Lipinski definition) is 3. The number of hydrogen-bond donors (Lipinski definition) is 1. The Morgan fingerprint density at radius 1 is 1.23 bits per heavy atom. The van der Waals surface area contributed by atoms with E-state index in [2.05, 4.69) is 46.4 Å². The van der Waals surface area contributed by atoms with E-state index in [1.807, 2.05) is 0 Å². The van der Waals surface area contributed by atoms with Crippen molar-refractivity contribution in [3.63, 3.8) is 0 Å². The number of pyridine rings is 1. The first-order valence-electron chi connectivity index (χ1n) is 7.72. The number of rotatable bonds is 4. The molecule has 0 saturated carbocycles. The zero-order valence-electron chi connectivity index (χ0n) is 12.8. The van der Waals surface area contributed by atoms with E-state index >= 15 is 0 Å². The predicted octanol–water partition coefficient (Wildman–Crippen LogP) is 2.65. The Morgan fingerprint density at radius 3 is 2.68 bits per heavy atom. The van der Waals surface area contributed by atoms with Crippen molar-refractivity contribution in [2.45, 2.75) is 13.3 Å². The summed E-state index contributed by atoms with van der Waals surface area (Å²) in [6, 6.07) is 12.1. The molecule has 0 aliphatic carbocycles. The number of nitrogens with one attached hydrogen (secondary N) is 1. The van der Waals surface area contributed by atoms with Gasteiger partial charge in [0, 0.05) is 43.3 Å². The second kappa shape index (κ2) is 6.60. The standard InChI is InChI=1S/C18H21N3O/c1-14-2-4-17(5-3-14)21-11-8-15(13-21)12-20-18(22)16-6-9-19-10-7-16/h2-7,9-10,15H,8,11-13H2,1H3,(H,20,22). The van der Waals surface area contributed by atoms with Crippen LogP contribution in [0.5, 0.6) is 0 Å². The molecule has 4 heteroatoms. The van der Waals surface area contributed by atoms with Crippen LogP contribution in [-0.2, 0) is 0 Å². The zero-order chi connectivity index (χ0) is 15.4. The van der Waals surface area contributed by atoms with Gasteiger partial charge in [0.2, 0.25) is 0 Å². The van der Waals surface area contributed by atoms with Gasteiger partial charge in [-0.2, -0.15) is 0 Å². The Hall–Kier alpha value is -2.36. The molecule has 3 rings (SSSR count). The van der Waals surface area contributed by atoms with Crippen molar-refractivity contribution in [3.05, 3.63) is 59.9 Å². The molecule has 1 unspecified atom stereocenters. The zero-order valence-corrected chi connectivity index (χ0v) is 12.8. The molecule has 1 aliphatic heterocycles. The van der Waals surface area contributed by atoms with Gasteiger partial charge in [-0.3, -0.25) is 9.78 Å². The maximum atomic E-state index is 12.0. The van der Waals surface area contributed by atoms with Crippen LogP contribution in [0, 0.1) is 12.8 Å². The van der Waals surface area contributed by atoms with E-state index in [9.17, 15) is 4.79 Å². The van der Waals surface area contributed by atoms with Crippen LogP contribution in [0.2, 0.25) is 0 Å². The van der Waals surface area contributed by atoms with Gasteiger partial charge in [-0.1, -0.05) is 17.7 Å². The fraction of sp³-hybridized carbons (Fsp3) is 0.333. The Kier molecular flexibility index (Phi) is 4.37. The van der Waals surface area contributed by atoms with E-state index in [0.717, 1.165) is 26.1 Å². The highest BCUT2D eigenvalue weighted by Crippen LogP contribution is 2.23. The minimum absolute atomic E-state index is 0.0174. The molecular formula is C18H21N3O. The molecule has 0 radical (unpaired) electrons. The van der Waals surface area contributed by atoms with Crippen LogP contribution in [0.15, 0.2) is 48.8 Å². The highest BCUT2D eigenvalue weighted by atomic mass is 16.1. The van der Waals surface area contributed by atoms with Crippen molar-refractivity contribution in [1.29, 1.82) is 0 Å². The molecule has 22 heavy (non-hydrogen) atoms. The van der Waals surface area contributed by atoms with Crippen molar-refractivity contribution in [2.75, 3.05) is 24.5 Å².